The number of aryl methyl sites for hydroxylation is 1. The lowest BCUT2D eigenvalue weighted by atomic mass is 10.1. The number of anilines is 1. The molecule has 0 bridgehead atoms. The lowest BCUT2D eigenvalue weighted by Gasteiger charge is -2.12. The van der Waals surface area contributed by atoms with Crippen molar-refractivity contribution in [2.75, 3.05) is 5.32 Å². The van der Waals surface area contributed by atoms with Gasteiger partial charge in [0.05, 0.1) is 10.0 Å². The van der Waals surface area contributed by atoms with Crippen molar-refractivity contribution >= 4 is 40.9 Å². The lowest BCUT2D eigenvalue weighted by Crippen LogP contribution is -2.14. The third-order valence-corrected chi connectivity index (χ3v) is 4.98. The molecule has 4 nitrogen and oxygen atoms in total. The second-order valence-electron chi connectivity index (χ2n) is 6.63. The second kappa shape index (κ2) is 10.1. The average Bonchev–Trinajstić information content (AvgIpc) is 2.74. The fourth-order valence-corrected chi connectivity index (χ4v) is 3.40. The highest BCUT2D eigenvalue weighted by Crippen LogP contribution is 2.35. The molecule has 0 aromatic heterocycles. The number of halogens is 3. The van der Waals surface area contributed by atoms with Crippen molar-refractivity contribution in [1.29, 1.82) is 5.26 Å². The summed E-state index contributed by atoms with van der Waals surface area (Å²) in [5.41, 5.74) is 2.18. The first-order chi connectivity index (χ1) is 14.9. The number of ether oxygens (including phenoxy) is 1. The molecule has 0 atom stereocenters. The van der Waals surface area contributed by atoms with Gasteiger partial charge in [0.2, 0.25) is 0 Å². The molecule has 7 heteroatoms. The van der Waals surface area contributed by atoms with E-state index in [0.717, 1.165) is 5.56 Å². The standard InChI is InChI=1S/C24H17Cl2FN2O2/c1-15-6-2-5-9-22(15)29-24(30)18(13-28)10-16-11-19(25)23(20(26)12-16)31-14-17-7-3-4-8-21(17)27/h2-12H,14H2,1H3,(H,29,30)/b18-10-. The Morgan fingerprint density at radius 1 is 1.13 bits per heavy atom. The lowest BCUT2D eigenvalue weighted by molar-refractivity contribution is -0.112. The maximum Gasteiger partial charge on any atom is 0.266 e. The van der Waals surface area contributed by atoms with Gasteiger partial charge in [0.1, 0.15) is 24.1 Å². The predicted molar refractivity (Wildman–Crippen MR) is 121 cm³/mol. The molecule has 3 rings (SSSR count). The molecule has 1 amide bonds. The summed E-state index contributed by atoms with van der Waals surface area (Å²) < 4.78 is 19.4. The van der Waals surface area contributed by atoms with Gasteiger partial charge in [0.15, 0.2) is 5.75 Å². The minimum atomic E-state index is -0.552. The second-order valence-corrected chi connectivity index (χ2v) is 7.45. The minimum absolute atomic E-state index is 0.0520. The van der Waals surface area contributed by atoms with Crippen LogP contribution in [-0.4, -0.2) is 5.91 Å². The van der Waals surface area contributed by atoms with Crippen LogP contribution in [0.25, 0.3) is 6.08 Å². The summed E-state index contributed by atoms with van der Waals surface area (Å²) in [6.07, 6.45) is 1.38. The van der Waals surface area contributed by atoms with Crippen molar-refractivity contribution in [3.63, 3.8) is 0 Å². The summed E-state index contributed by atoms with van der Waals surface area (Å²) in [6.45, 7) is 1.80. The summed E-state index contributed by atoms with van der Waals surface area (Å²) in [7, 11) is 0. The van der Waals surface area contributed by atoms with Crippen molar-refractivity contribution in [2.45, 2.75) is 13.5 Å². The summed E-state index contributed by atoms with van der Waals surface area (Å²) in [4.78, 5) is 12.5. The number of carbonyl (C=O) groups excluding carboxylic acids is 1. The van der Waals surface area contributed by atoms with Gasteiger partial charge in [-0.3, -0.25) is 4.79 Å². The van der Waals surface area contributed by atoms with Gasteiger partial charge in [-0.05, 0) is 48.4 Å². The third-order valence-electron chi connectivity index (χ3n) is 4.42. The number of carbonyl (C=O) groups is 1. The average molecular weight is 455 g/mol. The van der Waals surface area contributed by atoms with Gasteiger partial charge in [-0.15, -0.1) is 0 Å². The number of amides is 1. The summed E-state index contributed by atoms with van der Waals surface area (Å²) >= 11 is 12.6. The number of para-hydroxylation sites is 1. The van der Waals surface area contributed by atoms with Crippen LogP contribution in [0.5, 0.6) is 5.75 Å². The Hall–Kier alpha value is -3.33. The van der Waals surface area contributed by atoms with Crippen LogP contribution >= 0.6 is 23.2 Å². The molecule has 0 heterocycles. The molecule has 0 radical (unpaired) electrons. The zero-order valence-electron chi connectivity index (χ0n) is 16.5. The van der Waals surface area contributed by atoms with Crippen LogP contribution in [0, 0.1) is 24.1 Å². The van der Waals surface area contributed by atoms with Crippen LogP contribution in [-0.2, 0) is 11.4 Å². The fraction of sp³-hybridized carbons (Fsp3) is 0.0833. The monoisotopic (exact) mass is 454 g/mol. The number of nitriles is 1. The van der Waals surface area contributed by atoms with Crippen molar-refractivity contribution in [3.05, 3.63) is 98.8 Å². The molecular weight excluding hydrogens is 438 g/mol. The largest absolute Gasteiger partial charge is 0.486 e. The molecule has 31 heavy (non-hydrogen) atoms. The maximum atomic E-state index is 13.8. The smallest absolute Gasteiger partial charge is 0.266 e. The van der Waals surface area contributed by atoms with E-state index in [2.05, 4.69) is 5.32 Å². The van der Waals surface area contributed by atoms with Crippen molar-refractivity contribution < 1.29 is 13.9 Å². The van der Waals surface area contributed by atoms with Crippen LogP contribution in [0.15, 0.2) is 66.2 Å². The summed E-state index contributed by atoms with van der Waals surface area (Å²) in [6, 6.07) is 18.4. The molecular formula is C24H17Cl2FN2O2. The Balaban J connectivity index is 1.80. The molecule has 3 aromatic carbocycles. The topological polar surface area (TPSA) is 62.1 Å². The summed E-state index contributed by atoms with van der Waals surface area (Å²) in [5.74, 6) is -0.761. The van der Waals surface area contributed by atoms with Crippen LogP contribution in [0.2, 0.25) is 10.0 Å². The number of rotatable bonds is 6. The molecule has 0 aliphatic heterocycles. The Bertz CT molecular complexity index is 1180. The van der Waals surface area contributed by atoms with Gasteiger partial charge in [0.25, 0.3) is 5.91 Å². The van der Waals surface area contributed by atoms with E-state index in [1.54, 1.807) is 30.3 Å². The highest BCUT2D eigenvalue weighted by molar-refractivity contribution is 6.37. The number of hydrogen-bond acceptors (Lipinski definition) is 3. The van der Waals surface area contributed by atoms with Crippen molar-refractivity contribution in [2.24, 2.45) is 0 Å². The van der Waals surface area contributed by atoms with E-state index in [9.17, 15) is 14.4 Å². The Labute approximate surface area is 189 Å². The SMILES string of the molecule is Cc1ccccc1NC(=O)/C(C#N)=C\c1cc(Cl)c(OCc2ccccc2F)c(Cl)c1. The Morgan fingerprint density at radius 3 is 2.42 bits per heavy atom. The number of benzene rings is 3. The minimum Gasteiger partial charge on any atom is -0.486 e. The summed E-state index contributed by atoms with van der Waals surface area (Å²) in [5, 5.41) is 12.5. The Kier molecular flexibility index (Phi) is 7.30. The van der Waals surface area contributed by atoms with Crippen LogP contribution < -0.4 is 10.1 Å². The van der Waals surface area contributed by atoms with Gasteiger partial charge < -0.3 is 10.1 Å². The van der Waals surface area contributed by atoms with Crippen LogP contribution in [0.3, 0.4) is 0 Å². The van der Waals surface area contributed by atoms with Gasteiger partial charge in [-0.2, -0.15) is 5.26 Å². The number of hydrogen-bond donors (Lipinski definition) is 1. The van der Waals surface area contributed by atoms with Gasteiger partial charge in [-0.1, -0.05) is 59.6 Å². The highest BCUT2D eigenvalue weighted by atomic mass is 35.5. The zero-order chi connectivity index (χ0) is 22.4. The first-order valence-electron chi connectivity index (χ1n) is 9.23. The molecule has 0 aliphatic rings. The molecule has 0 aliphatic carbocycles. The highest BCUT2D eigenvalue weighted by Gasteiger charge is 2.14. The molecule has 0 spiro atoms. The van der Waals surface area contributed by atoms with E-state index in [1.165, 1.54) is 24.3 Å². The first kappa shape index (κ1) is 22.4. The van der Waals surface area contributed by atoms with Crippen LogP contribution in [0.4, 0.5) is 10.1 Å². The van der Waals surface area contributed by atoms with E-state index in [4.69, 9.17) is 27.9 Å². The quantitative estimate of drug-likeness (QED) is 0.338. The first-order valence-corrected chi connectivity index (χ1v) is 9.98. The van der Waals surface area contributed by atoms with Gasteiger partial charge in [-0.25, -0.2) is 4.39 Å². The molecule has 0 saturated heterocycles. The van der Waals surface area contributed by atoms with E-state index in [-0.39, 0.29) is 28.0 Å². The predicted octanol–water partition coefficient (Wildman–Crippen LogP) is 6.57. The molecule has 0 unspecified atom stereocenters. The Morgan fingerprint density at radius 2 is 1.77 bits per heavy atom. The molecule has 3 aromatic rings. The third kappa shape index (κ3) is 5.64. The maximum absolute atomic E-state index is 13.8. The van der Waals surface area contributed by atoms with E-state index in [1.807, 2.05) is 25.1 Å². The zero-order valence-corrected chi connectivity index (χ0v) is 18.0. The van der Waals surface area contributed by atoms with Crippen molar-refractivity contribution in [1.82, 2.24) is 0 Å². The van der Waals surface area contributed by atoms with E-state index < -0.39 is 11.7 Å². The van der Waals surface area contributed by atoms with Crippen LogP contribution in [0.1, 0.15) is 16.7 Å². The van der Waals surface area contributed by atoms with E-state index in [0.29, 0.717) is 16.8 Å². The molecule has 0 fully saturated rings. The molecule has 156 valence electrons. The molecule has 0 saturated carbocycles. The van der Waals surface area contributed by atoms with Crippen molar-refractivity contribution in [3.8, 4) is 11.8 Å². The van der Waals surface area contributed by atoms with Gasteiger partial charge >= 0.3 is 0 Å². The van der Waals surface area contributed by atoms with Gasteiger partial charge in [0, 0.05) is 11.3 Å². The number of nitrogens with one attached hydrogen (secondary N) is 1. The number of nitrogens with zero attached hydrogens (tertiary/aromatic N) is 1. The normalized spacial score (nSPS) is 11.0. The molecule has 1 N–H and O–H groups in total. The fourth-order valence-electron chi connectivity index (χ4n) is 2.78. The van der Waals surface area contributed by atoms with E-state index >= 15 is 0 Å².